The largest absolute Gasteiger partial charge is 0.343 e. The first-order valence-electron chi connectivity index (χ1n) is 6.58. The fourth-order valence-electron chi connectivity index (χ4n) is 2.18. The van der Waals surface area contributed by atoms with Crippen LogP contribution in [0, 0.1) is 0 Å². The number of amides is 1. The van der Waals surface area contributed by atoms with Gasteiger partial charge < -0.3 is 4.90 Å². The van der Waals surface area contributed by atoms with E-state index in [1.807, 2.05) is 29.2 Å². The van der Waals surface area contributed by atoms with Gasteiger partial charge in [0.2, 0.25) is 5.91 Å². The van der Waals surface area contributed by atoms with Crippen molar-refractivity contribution >= 4 is 32.6 Å². The summed E-state index contributed by atoms with van der Waals surface area (Å²) in [4.78, 5) is 14.6. The predicted octanol–water partition coefficient (Wildman–Crippen LogP) is 2.96. The monoisotopic (exact) mass is 343 g/mol. The van der Waals surface area contributed by atoms with Crippen LogP contribution in [0.4, 0.5) is 0 Å². The van der Waals surface area contributed by atoms with E-state index in [1.54, 1.807) is 0 Å². The van der Waals surface area contributed by atoms with Crippen LogP contribution in [0.2, 0.25) is 0 Å². The van der Waals surface area contributed by atoms with Crippen LogP contribution >= 0.6 is 15.9 Å². The maximum absolute atomic E-state index is 12.0. The number of likely N-dealkylation sites (tertiary alicyclic amines) is 1. The molecule has 0 N–H and O–H groups in total. The van der Waals surface area contributed by atoms with Gasteiger partial charge in [-0.15, -0.1) is 0 Å². The quantitative estimate of drug-likeness (QED) is 0.824. The van der Waals surface area contributed by atoms with Crippen molar-refractivity contribution in [1.82, 2.24) is 4.90 Å². The molecule has 0 aromatic heterocycles. The summed E-state index contributed by atoms with van der Waals surface area (Å²) in [6.45, 7) is 1.79. The minimum Gasteiger partial charge on any atom is -0.343 e. The molecule has 0 bridgehead atoms. The molecule has 1 aliphatic rings. The molecule has 1 saturated heterocycles. The third-order valence-electron chi connectivity index (χ3n) is 3.26. The van der Waals surface area contributed by atoms with Crippen molar-refractivity contribution in [3.05, 3.63) is 28.7 Å². The minimum absolute atomic E-state index is 0.213. The lowest BCUT2D eigenvalue weighted by Gasteiger charge is -2.14. The molecule has 1 aromatic carbocycles. The van der Waals surface area contributed by atoms with Crippen LogP contribution < -0.4 is 0 Å². The van der Waals surface area contributed by atoms with Gasteiger partial charge in [0.05, 0.1) is 10.8 Å². The van der Waals surface area contributed by atoms with E-state index in [9.17, 15) is 9.00 Å². The van der Waals surface area contributed by atoms with Gasteiger partial charge in [-0.25, -0.2) is 0 Å². The number of carbonyl (C=O) groups is 1. The van der Waals surface area contributed by atoms with E-state index in [0.717, 1.165) is 35.3 Å². The Morgan fingerprint density at radius 3 is 2.47 bits per heavy atom. The lowest BCUT2D eigenvalue weighted by Crippen LogP contribution is -2.27. The van der Waals surface area contributed by atoms with Gasteiger partial charge in [0.25, 0.3) is 0 Å². The Kier molecular flexibility index (Phi) is 5.58. The summed E-state index contributed by atoms with van der Waals surface area (Å²) < 4.78 is 13.0. The fraction of sp³-hybridized carbons (Fsp3) is 0.500. The Hall–Kier alpha value is -0.680. The predicted molar refractivity (Wildman–Crippen MR) is 80.5 cm³/mol. The molecule has 0 spiro atoms. The molecule has 0 saturated carbocycles. The number of benzene rings is 1. The van der Waals surface area contributed by atoms with Crippen LogP contribution in [0.5, 0.6) is 0 Å². The number of nitrogens with zero attached hydrogens (tertiary/aromatic N) is 1. The van der Waals surface area contributed by atoms with Crippen LogP contribution in [0.3, 0.4) is 0 Å². The maximum atomic E-state index is 12.0. The Morgan fingerprint density at radius 2 is 1.84 bits per heavy atom. The average Bonchev–Trinajstić information content (AvgIpc) is 2.93. The zero-order valence-corrected chi connectivity index (χ0v) is 13.2. The van der Waals surface area contributed by atoms with E-state index in [-0.39, 0.29) is 5.91 Å². The third-order valence-corrected chi connectivity index (χ3v) is 5.24. The van der Waals surface area contributed by atoms with Crippen LogP contribution in [0.1, 0.15) is 25.7 Å². The Bertz CT molecular complexity index is 455. The molecule has 2 rings (SSSR count). The molecule has 1 aromatic rings. The Morgan fingerprint density at radius 1 is 1.21 bits per heavy atom. The van der Waals surface area contributed by atoms with E-state index < -0.39 is 10.8 Å². The summed E-state index contributed by atoms with van der Waals surface area (Å²) in [6.07, 6.45) is 3.45. The molecule has 0 aliphatic carbocycles. The molecule has 5 heteroatoms. The molecule has 0 unspecified atom stereocenters. The number of hydrogen-bond acceptors (Lipinski definition) is 2. The van der Waals surface area contributed by atoms with Gasteiger partial charge >= 0.3 is 0 Å². The van der Waals surface area contributed by atoms with Crippen LogP contribution in [0.25, 0.3) is 0 Å². The molecule has 104 valence electrons. The number of carbonyl (C=O) groups excluding carboxylic acids is 1. The molecule has 3 nitrogen and oxygen atoms in total. The Labute approximate surface area is 125 Å². The summed E-state index contributed by atoms with van der Waals surface area (Å²) in [5.41, 5.74) is 0. The first-order valence-corrected chi connectivity index (χ1v) is 8.70. The zero-order valence-electron chi connectivity index (χ0n) is 10.8. The van der Waals surface area contributed by atoms with Gasteiger partial charge in [0.15, 0.2) is 0 Å². The van der Waals surface area contributed by atoms with Crippen LogP contribution in [-0.4, -0.2) is 33.9 Å². The van der Waals surface area contributed by atoms with E-state index in [0.29, 0.717) is 18.6 Å². The van der Waals surface area contributed by atoms with Crippen molar-refractivity contribution in [2.45, 2.75) is 30.6 Å². The molecule has 1 fully saturated rings. The smallest absolute Gasteiger partial charge is 0.222 e. The van der Waals surface area contributed by atoms with E-state index in [2.05, 4.69) is 15.9 Å². The molecule has 0 radical (unpaired) electrons. The zero-order chi connectivity index (χ0) is 13.7. The van der Waals surface area contributed by atoms with Crippen LogP contribution in [0.15, 0.2) is 33.6 Å². The summed E-state index contributed by atoms with van der Waals surface area (Å²) in [6, 6.07) is 7.51. The molecule has 19 heavy (non-hydrogen) atoms. The van der Waals surface area contributed by atoms with Gasteiger partial charge in [-0.2, -0.15) is 0 Å². The second kappa shape index (κ2) is 7.20. The van der Waals surface area contributed by atoms with Crippen molar-refractivity contribution in [3.8, 4) is 0 Å². The summed E-state index contributed by atoms with van der Waals surface area (Å²) in [7, 11) is -1.00. The second-order valence-corrected chi connectivity index (χ2v) is 7.18. The van der Waals surface area contributed by atoms with E-state index >= 15 is 0 Å². The average molecular weight is 344 g/mol. The van der Waals surface area contributed by atoms with E-state index in [1.165, 1.54) is 0 Å². The highest BCUT2D eigenvalue weighted by Crippen LogP contribution is 2.15. The highest BCUT2D eigenvalue weighted by molar-refractivity contribution is 9.10. The number of rotatable bonds is 5. The van der Waals surface area contributed by atoms with Crippen molar-refractivity contribution in [1.29, 1.82) is 0 Å². The van der Waals surface area contributed by atoms with Crippen molar-refractivity contribution < 1.29 is 9.00 Å². The van der Waals surface area contributed by atoms with Crippen molar-refractivity contribution in [2.75, 3.05) is 18.8 Å². The molecule has 1 aliphatic heterocycles. The van der Waals surface area contributed by atoms with Gasteiger partial charge in [0, 0.05) is 34.6 Å². The van der Waals surface area contributed by atoms with Gasteiger partial charge in [-0.05, 0) is 43.5 Å². The molecule has 1 heterocycles. The fourth-order valence-corrected chi connectivity index (χ4v) is 3.53. The van der Waals surface area contributed by atoms with Gasteiger partial charge in [0.1, 0.15) is 0 Å². The SMILES string of the molecule is O=C(CCC[S@@](=O)c1ccc(Br)cc1)N1CCCC1. The molecular weight excluding hydrogens is 326 g/mol. The standard InChI is InChI=1S/C14H18BrNO2S/c15-12-5-7-13(8-6-12)19(18)11-3-4-14(17)16-9-1-2-10-16/h5-8H,1-4,9-11H2/t19-/m1/s1. The summed E-state index contributed by atoms with van der Waals surface area (Å²) >= 11 is 3.35. The van der Waals surface area contributed by atoms with Crippen molar-refractivity contribution in [2.24, 2.45) is 0 Å². The number of hydrogen-bond donors (Lipinski definition) is 0. The lowest BCUT2D eigenvalue weighted by molar-refractivity contribution is -0.130. The normalized spacial score (nSPS) is 16.6. The summed E-state index contributed by atoms with van der Waals surface area (Å²) in [5, 5.41) is 0. The lowest BCUT2D eigenvalue weighted by atomic mass is 10.3. The van der Waals surface area contributed by atoms with Crippen molar-refractivity contribution in [3.63, 3.8) is 0 Å². The van der Waals surface area contributed by atoms with Gasteiger partial charge in [-0.3, -0.25) is 9.00 Å². The van der Waals surface area contributed by atoms with E-state index in [4.69, 9.17) is 0 Å². The Balaban J connectivity index is 1.74. The highest BCUT2D eigenvalue weighted by Gasteiger charge is 2.17. The second-order valence-electron chi connectivity index (χ2n) is 4.70. The minimum atomic E-state index is -1.00. The first-order chi connectivity index (χ1) is 9.16. The maximum Gasteiger partial charge on any atom is 0.222 e. The third kappa shape index (κ3) is 4.42. The molecule has 1 atom stereocenters. The number of halogens is 1. The molecule has 1 amide bonds. The summed E-state index contributed by atoms with van der Waals surface area (Å²) in [5.74, 6) is 0.770. The van der Waals surface area contributed by atoms with Gasteiger partial charge in [-0.1, -0.05) is 15.9 Å². The highest BCUT2D eigenvalue weighted by atomic mass is 79.9. The van der Waals surface area contributed by atoms with Crippen LogP contribution in [-0.2, 0) is 15.6 Å². The topological polar surface area (TPSA) is 37.4 Å². The first kappa shape index (κ1) is 14.7. The molecular formula is C14H18BrNO2S.